The number of aryl methyl sites for hydroxylation is 1. The third-order valence-electron chi connectivity index (χ3n) is 3.62. The van der Waals surface area contributed by atoms with Gasteiger partial charge in [-0.25, -0.2) is 8.42 Å². The van der Waals surface area contributed by atoms with Crippen molar-refractivity contribution >= 4 is 26.0 Å². The number of aromatic nitrogens is 2. The third kappa shape index (κ3) is 3.70. The molecule has 1 aliphatic rings. The highest BCUT2D eigenvalue weighted by Crippen LogP contribution is 2.24. The molecule has 23 heavy (non-hydrogen) atoms. The molecule has 0 aliphatic carbocycles. The van der Waals surface area contributed by atoms with E-state index in [2.05, 4.69) is 26.1 Å². The van der Waals surface area contributed by atoms with Gasteiger partial charge in [0, 0.05) is 17.1 Å². The SMILES string of the molecule is Cc1ccc(OC2CCN(S(=O)(=O)c3ccc(Br)cc3)C2)nn1. The number of ether oxygens (including phenoxy) is 1. The van der Waals surface area contributed by atoms with Crippen LogP contribution >= 0.6 is 15.9 Å². The molecule has 1 aromatic heterocycles. The minimum Gasteiger partial charge on any atom is -0.472 e. The Labute approximate surface area is 143 Å². The van der Waals surface area contributed by atoms with Crippen LogP contribution in [0.4, 0.5) is 0 Å². The molecule has 0 saturated carbocycles. The first kappa shape index (κ1) is 16.4. The molecule has 0 N–H and O–H groups in total. The summed E-state index contributed by atoms with van der Waals surface area (Å²) in [6, 6.07) is 10.2. The Hall–Kier alpha value is -1.51. The molecule has 1 aliphatic heterocycles. The van der Waals surface area contributed by atoms with Crippen molar-refractivity contribution in [2.45, 2.75) is 24.3 Å². The van der Waals surface area contributed by atoms with Crippen LogP contribution in [-0.2, 0) is 10.0 Å². The predicted molar refractivity (Wildman–Crippen MR) is 88.7 cm³/mol. The van der Waals surface area contributed by atoms with Gasteiger partial charge in [-0.05, 0) is 43.7 Å². The molecule has 1 saturated heterocycles. The Morgan fingerprint density at radius 1 is 1.17 bits per heavy atom. The maximum atomic E-state index is 12.6. The number of sulfonamides is 1. The van der Waals surface area contributed by atoms with Gasteiger partial charge in [-0.3, -0.25) is 0 Å². The lowest BCUT2D eigenvalue weighted by molar-refractivity contribution is 0.204. The van der Waals surface area contributed by atoms with E-state index < -0.39 is 10.0 Å². The maximum absolute atomic E-state index is 12.6. The Morgan fingerprint density at radius 2 is 1.91 bits per heavy atom. The van der Waals surface area contributed by atoms with Crippen LogP contribution in [0.25, 0.3) is 0 Å². The normalized spacial score (nSPS) is 19.0. The minimum atomic E-state index is -3.49. The molecule has 0 amide bonds. The Bertz CT molecular complexity index is 779. The second-order valence-electron chi connectivity index (χ2n) is 5.36. The second kappa shape index (κ2) is 6.54. The van der Waals surface area contributed by atoms with Crippen LogP contribution in [0.15, 0.2) is 45.8 Å². The van der Waals surface area contributed by atoms with E-state index in [9.17, 15) is 8.42 Å². The lowest BCUT2D eigenvalue weighted by Gasteiger charge is -2.17. The molecule has 1 unspecified atom stereocenters. The van der Waals surface area contributed by atoms with E-state index in [1.807, 2.05) is 13.0 Å². The summed E-state index contributed by atoms with van der Waals surface area (Å²) in [5.41, 5.74) is 0.809. The molecule has 2 heterocycles. The van der Waals surface area contributed by atoms with E-state index >= 15 is 0 Å². The zero-order valence-electron chi connectivity index (χ0n) is 12.5. The fourth-order valence-corrected chi connectivity index (χ4v) is 4.14. The quantitative estimate of drug-likeness (QED) is 0.791. The summed E-state index contributed by atoms with van der Waals surface area (Å²) in [7, 11) is -3.49. The highest BCUT2D eigenvalue weighted by Gasteiger charge is 2.33. The monoisotopic (exact) mass is 397 g/mol. The first-order valence-corrected chi connectivity index (χ1v) is 9.41. The van der Waals surface area contributed by atoms with Gasteiger partial charge in [-0.2, -0.15) is 9.40 Å². The van der Waals surface area contributed by atoms with Crippen molar-refractivity contribution in [3.05, 3.63) is 46.6 Å². The largest absolute Gasteiger partial charge is 0.472 e. The van der Waals surface area contributed by atoms with Crippen LogP contribution in [0.1, 0.15) is 12.1 Å². The number of halogens is 1. The molecular weight excluding hydrogens is 382 g/mol. The average molecular weight is 398 g/mol. The van der Waals surface area contributed by atoms with E-state index in [0.29, 0.717) is 25.4 Å². The number of benzene rings is 1. The van der Waals surface area contributed by atoms with Crippen LogP contribution in [0.3, 0.4) is 0 Å². The van der Waals surface area contributed by atoms with Gasteiger partial charge in [0.25, 0.3) is 0 Å². The molecule has 122 valence electrons. The number of hydrogen-bond acceptors (Lipinski definition) is 5. The number of rotatable bonds is 4. The Kier molecular flexibility index (Phi) is 4.65. The summed E-state index contributed by atoms with van der Waals surface area (Å²) in [6.07, 6.45) is 0.419. The van der Waals surface area contributed by atoms with E-state index in [-0.39, 0.29) is 11.0 Å². The maximum Gasteiger partial charge on any atom is 0.243 e. The Morgan fingerprint density at radius 3 is 2.57 bits per heavy atom. The summed E-state index contributed by atoms with van der Waals surface area (Å²) in [6.45, 7) is 2.59. The lowest BCUT2D eigenvalue weighted by atomic mass is 10.3. The summed E-state index contributed by atoms with van der Waals surface area (Å²) in [4.78, 5) is 0.288. The van der Waals surface area contributed by atoms with E-state index in [1.54, 1.807) is 30.3 Å². The highest BCUT2D eigenvalue weighted by molar-refractivity contribution is 9.10. The van der Waals surface area contributed by atoms with Gasteiger partial charge in [-0.15, -0.1) is 5.10 Å². The smallest absolute Gasteiger partial charge is 0.243 e. The molecular formula is C15H16BrN3O3S. The summed E-state index contributed by atoms with van der Waals surface area (Å²) in [5, 5.41) is 7.88. The minimum absolute atomic E-state index is 0.211. The molecule has 2 aromatic rings. The summed E-state index contributed by atoms with van der Waals surface area (Å²) >= 11 is 3.31. The molecule has 1 atom stereocenters. The third-order valence-corrected chi connectivity index (χ3v) is 6.03. The van der Waals surface area contributed by atoms with Gasteiger partial charge in [0.2, 0.25) is 15.9 Å². The van der Waals surface area contributed by atoms with Crippen LogP contribution in [0, 0.1) is 6.92 Å². The fraction of sp³-hybridized carbons (Fsp3) is 0.333. The molecule has 0 bridgehead atoms. The van der Waals surface area contributed by atoms with Gasteiger partial charge in [0.1, 0.15) is 6.10 Å². The van der Waals surface area contributed by atoms with Crippen LogP contribution < -0.4 is 4.74 Å². The first-order chi connectivity index (χ1) is 10.9. The fourth-order valence-electron chi connectivity index (χ4n) is 2.39. The van der Waals surface area contributed by atoms with Gasteiger partial charge in [0.05, 0.1) is 17.1 Å². The van der Waals surface area contributed by atoms with E-state index in [1.165, 1.54) is 4.31 Å². The molecule has 1 aromatic carbocycles. The topological polar surface area (TPSA) is 72.4 Å². The van der Waals surface area contributed by atoms with Crippen LogP contribution in [0.5, 0.6) is 5.88 Å². The van der Waals surface area contributed by atoms with Crippen molar-refractivity contribution in [1.29, 1.82) is 0 Å². The molecule has 3 rings (SSSR count). The predicted octanol–water partition coefficient (Wildman–Crippen LogP) is 2.39. The van der Waals surface area contributed by atoms with Crippen LogP contribution in [-0.4, -0.2) is 42.1 Å². The first-order valence-electron chi connectivity index (χ1n) is 7.18. The molecule has 8 heteroatoms. The highest BCUT2D eigenvalue weighted by atomic mass is 79.9. The van der Waals surface area contributed by atoms with Gasteiger partial charge >= 0.3 is 0 Å². The second-order valence-corrected chi connectivity index (χ2v) is 8.21. The number of nitrogens with zero attached hydrogens (tertiary/aromatic N) is 3. The van der Waals surface area contributed by atoms with Crippen molar-refractivity contribution in [2.24, 2.45) is 0 Å². The zero-order chi connectivity index (χ0) is 16.4. The summed E-state index contributed by atoms with van der Waals surface area (Å²) < 4.78 is 33.2. The molecule has 0 spiro atoms. The molecule has 0 radical (unpaired) electrons. The van der Waals surface area contributed by atoms with Crippen molar-refractivity contribution in [2.75, 3.05) is 13.1 Å². The molecule has 1 fully saturated rings. The summed E-state index contributed by atoms with van der Waals surface area (Å²) in [5.74, 6) is 0.420. The standard InChI is InChI=1S/C15H16BrN3O3S/c1-11-2-7-15(18-17-11)22-13-8-9-19(10-13)23(20,21)14-5-3-12(16)4-6-14/h2-7,13H,8-10H2,1H3. The average Bonchev–Trinajstić information content (AvgIpc) is 2.99. The van der Waals surface area contributed by atoms with Gasteiger partial charge in [0.15, 0.2) is 0 Å². The van der Waals surface area contributed by atoms with E-state index in [0.717, 1.165) is 10.2 Å². The van der Waals surface area contributed by atoms with Gasteiger partial charge < -0.3 is 4.74 Å². The van der Waals surface area contributed by atoms with Crippen molar-refractivity contribution < 1.29 is 13.2 Å². The zero-order valence-corrected chi connectivity index (χ0v) is 14.9. The van der Waals surface area contributed by atoms with Crippen molar-refractivity contribution in [3.63, 3.8) is 0 Å². The van der Waals surface area contributed by atoms with Crippen molar-refractivity contribution in [1.82, 2.24) is 14.5 Å². The van der Waals surface area contributed by atoms with Gasteiger partial charge in [-0.1, -0.05) is 15.9 Å². The van der Waals surface area contributed by atoms with E-state index in [4.69, 9.17) is 4.74 Å². The molecule has 6 nitrogen and oxygen atoms in total. The lowest BCUT2D eigenvalue weighted by Crippen LogP contribution is -2.31. The van der Waals surface area contributed by atoms with Crippen molar-refractivity contribution in [3.8, 4) is 5.88 Å². The Balaban J connectivity index is 1.69. The number of hydrogen-bond donors (Lipinski definition) is 0. The van der Waals surface area contributed by atoms with Crippen LogP contribution in [0.2, 0.25) is 0 Å².